The van der Waals surface area contributed by atoms with Crippen molar-refractivity contribution in [3.05, 3.63) is 93.7 Å². The van der Waals surface area contributed by atoms with Gasteiger partial charge in [-0.25, -0.2) is 4.39 Å². The van der Waals surface area contributed by atoms with Crippen LogP contribution in [-0.4, -0.2) is 23.0 Å². The first-order valence-corrected chi connectivity index (χ1v) is 11.4. The highest BCUT2D eigenvalue weighted by molar-refractivity contribution is 6.36. The number of benzene rings is 3. The minimum absolute atomic E-state index is 0.209. The fourth-order valence-corrected chi connectivity index (χ4v) is 5.45. The van der Waals surface area contributed by atoms with Crippen molar-refractivity contribution >= 4 is 34.1 Å². The van der Waals surface area contributed by atoms with Gasteiger partial charge in [-0.2, -0.15) is 0 Å². The van der Waals surface area contributed by atoms with E-state index in [2.05, 4.69) is 22.0 Å². The van der Waals surface area contributed by atoms with Crippen molar-refractivity contribution in [2.45, 2.75) is 25.3 Å². The zero-order chi connectivity index (χ0) is 21.4. The molecule has 5 rings (SSSR count). The molecule has 1 aromatic heterocycles. The minimum Gasteiger partial charge on any atom is -0.354 e. The van der Waals surface area contributed by atoms with Crippen LogP contribution in [0.15, 0.2) is 66.7 Å². The monoisotopic (exact) mass is 452 g/mol. The van der Waals surface area contributed by atoms with Crippen LogP contribution < -0.4 is 0 Å². The Morgan fingerprint density at radius 2 is 1.61 bits per heavy atom. The highest BCUT2D eigenvalue weighted by Crippen LogP contribution is 2.39. The average Bonchev–Trinajstić information content (AvgIpc) is 3.13. The summed E-state index contributed by atoms with van der Waals surface area (Å²) in [5, 5.41) is 2.46. The molecular formula is C26H23Cl2FN2. The molecule has 1 saturated heterocycles. The largest absolute Gasteiger partial charge is 0.354 e. The third kappa shape index (κ3) is 4.10. The van der Waals surface area contributed by atoms with Crippen LogP contribution in [0.5, 0.6) is 0 Å². The van der Waals surface area contributed by atoms with Crippen molar-refractivity contribution in [3.63, 3.8) is 0 Å². The first kappa shape index (κ1) is 20.6. The molecule has 3 aromatic carbocycles. The smallest absolute Gasteiger partial charge is 0.123 e. The normalized spacial score (nSPS) is 15.6. The van der Waals surface area contributed by atoms with Crippen LogP contribution in [0.3, 0.4) is 0 Å². The number of H-pyrrole nitrogens is 1. The van der Waals surface area contributed by atoms with Gasteiger partial charge in [0.05, 0.1) is 5.69 Å². The van der Waals surface area contributed by atoms with E-state index in [0.717, 1.165) is 75.8 Å². The van der Waals surface area contributed by atoms with Crippen LogP contribution in [0.25, 0.3) is 22.2 Å². The van der Waals surface area contributed by atoms with Gasteiger partial charge in [-0.05, 0) is 78.9 Å². The van der Waals surface area contributed by atoms with Crippen LogP contribution in [0.1, 0.15) is 29.9 Å². The quantitative estimate of drug-likeness (QED) is 0.336. The number of hydrogen-bond acceptors (Lipinski definition) is 1. The van der Waals surface area contributed by atoms with Gasteiger partial charge in [0.1, 0.15) is 5.82 Å². The Kier molecular flexibility index (Phi) is 5.75. The van der Waals surface area contributed by atoms with E-state index in [0.29, 0.717) is 5.92 Å². The predicted octanol–water partition coefficient (Wildman–Crippen LogP) is 7.66. The van der Waals surface area contributed by atoms with Crippen LogP contribution in [0.4, 0.5) is 4.39 Å². The summed E-state index contributed by atoms with van der Waals surface area (Å²) < 4.78 is 14.1. The van der Waals surface area contributed by atoms with Crippen molar-refractivity contribution in [2.24, 2.45) is 0 Å². The van der Waals surface area contributed by atoms with Crippen LogP contribution in [0, 0.1) is 5.82 Å². The summed E-state index contributed by atoms with van der Waals surface area (Å²) in [5.74, 6) is 0.158. The molecular weight excluding hydrogens is 430 g/mol. The highest BCUT2D eigenvalue weighted by Gasteiger charge is 2.25. The second-order valence-electron chi connectivity index (χ2n) is 8.22. The molecule has 31 heavy (non-hydrogen) atoms. The SMILES string of the molecule is Fc1ccc2[nH]c(-c3ccccc3)c(CN3CCC(c4c(Cl)cccc4Cl)CC3)c2c1. The molecule has 0 atom stereocenters. The number of fused-ring (bicyclic) bond motifs is 1. The number of halogens is 3. The fourth-order valence-electron chi connectivity index (χ4n) is 4.74. The number of nitrogens with zero attached hydrogens (tertiary/aromatic N) is 1. The lowest BCUT2D eigenvalue weighted by atomic mass is 9.89. The molecule has 1 fully saturated rings. The van der Waals surface area contributed by atoms with Crippen molar-refractivity contribution in [2.75, 3.05) is 13.1 Å². The molecule has 0 aliphatic carbocycles. The number of hydrogen-bond donors (Lipinski definition) is 1. The standard InChI is InChI=1S/C26H23Cl2FN2/c27-22-7-4-8-23(28)25(22)17-11-13-31(14-12-17)16-21-20-15-19(29)9-10-24(20)30-26(21)18-5-2-1-3-6-18/h1-10,15,17,30H,11-14,16H2. The van der Waals surface area contributed by atoms with Gasteiger partial charge < -0.3 is 4.98 Å². The summed E-state index contributed by atoms with van der Waals surface area (Å²) in [7, 11) is 0. The lowest BCUT2D eigenvalue weighted by Crippen LogP contribution is -2.32. The first-order chi connectivity index (χ1) is 15.1. The van der Waals surface area contributed by atoms with E-state index in [-0.39, 0.29) is 5.82 Å². The fraction of sp³-hybridized carbons (Fsp3) is 0.231. The van der Waals surface area contributed by atoms with Crippen LogP contribution >= 0.6 is 23.2 Å². The van der Waals surface area contributed by atoms with Gasteiger partial charge in [0.25, 0.3) is 0 Å². The van der Waals surface area contributed by atoms with Gasteiger partial charge in [0.2, 0.25) is 0 Å². The molecule has 0 amide bonds. The number of piperidine rings is 1. The Balaban J connectivity index is 1.42. The first-order valence-electron chi connectivity index (χ1n) is 10.6. The Morgan fingerprint density at radius 1 is 0.903 bits per heavy atom. The van der Waals surface area contributed by atoms with Crippen molar-refractivity contribution in [1.29, 1.82) is 0 Å². The highest BCUT2D eigenvalue weighted by atomic mass is 35.5. The van der Waals surface area contributed by atoms with E-state index in [1.807, 2.05) is 42.5 Å². The van der Waals surface area contributed by atoms with E-state index >= 15 is 0 Å². The molecule has 4 aromatic rings. The van der Waals surface area contributed by atoms with E-state index in [4.69, 9.17) is 23.2 Å². The molecule has 0 spiro atoms. The van der Waals surface area contributed by atoms with Gasteiger partial charge in [-0.3, -0.25) is 4.90 Å². The van der Waals surface area contributed by atoms with Gasteiger partial charge in [-0.1, -0.05) is 59.6 Å². The van der Waals surface area contributed by atoms with Gasteiger partial charge in [0.15, 0.2) is 0 Å². The molecule has 1 aliphatic rings. The summed E-state index contributed by atoms with van der Waals surface area (Å²) in [5.41, 5.74) is 5.37. The van der Waals surface area contributed by atoms with E-state index in [1.54, 1.807) is 6.07 Å². The van der Waals surface area contributed by atoms with Gasteiger partial charge >= 0.3 is 0 Å². The number of aromatic amines is 1. The number of aromatic nitrogens is 1. The van der Waals surface area contributed by atoms with Crippen LogP contribution in [-0.2, 0) is 6.54 Å². The molecule has 1 aliphatic heterocycles. The maximum atomic E-state index is 14.1. The second kappa shape index (κ2) is 8.66. The Morgan fingerprint density at radius 3 is 2.32 bits per heavy atom. The molecule has 158 valence electrons. The topological polar surface area (TPSA) is 19.0 Å². The van der Waals surface area contributed by atoms with Gasteiger partial charge in [0, 0.05) is 27.5 Å². The lowest BCUT2D eigenvalue weighted by Gasteiger charge is -2.33. The number of likely N-dealkylation sites (tertiary alicyclic amines) is 1. The maximum Gasteiger partial charge on any atom is 0.123 e. The number of rotatable bonds is 4. The van der Waals surface area contributed by atoms with Crippen LogP contribution in [0.2, 0.25) is 10.0 Å². The molecule has 0 saturated carbocycles. The Bertz CT molecular complexity index is 1190. The second-order valence-corrected chi connectivity index (χ2v) is 9.03. The molecule has 2 heterocycles. The summed E-state index contributed by atoms with van der Waals surface area (Å²) in [6.07, 6.45) is 2.00. The minimum atomic E-state index is -0.209. The molecule has 5 heteroatoms. The Labute approximate surface area is 191 Å². The van der Waals surface area contributed by atoms with Crippen molar-refractivity contribution < 1.29 is 4.39 Å². The summed E-state index contributed by atoms with van der Waals surface area (Å²) in [6.45, 7) is 2.67. The number of nitrogens with one attached hydrogen (secondary N) is 1. The summed E-state index contributed by atoms with van der Waals surface area (Å²) in [4.78, 5) is 5.96. The predicted molar refractivity (Wildman–Crippen MR) is 127 cm³/mol. The molecule has 1 N–H and O–H groups in total. The molecule has 2 nitrogen and oxygen atoms in total. The van der Waals surface area contributed by atoms with E-state index in [1.165, 1.54) is 6.07 Å². The molecule has 0 radical (unpaired) electrons. The van der Waals surface area contributed by atoms with Crippen molar-refractivity contribution in [3.8, 4) is 11.3 Å². The zero-order valence-electron chi connectivity index (χ0n) is 17.0. The van der Waals surface area contributed by atoms with Gasteiger partial charge in [-0.15, -0.1) is 0 Å². The summed E-state index contributed by atoms with van der Waals surface area (Å²) >= 11 is 12.9. The Hall–Kier alpha value is -2.33. The van der Waals surface area contributed by atoms with Crippen molar-refractivity contribution in [1.82, 2.24) is 9.88 Å². The summed E-state index contributed by atoms with van der Waals surface area (Å²) in [6, 6.07) is 21.0. The lowest BCUT2D eigenvalue weighted by molar-refractivity contribution is 0.205. The molecule has 0 bridgehead atoms. The average molecular weight is 453 g/mol. The van der Waals surface area contributed by atoms with E-state index in [9.17, 15) is 4.39 Å². The van der Waals surface area contributed by atoms with E-state index < -0.39 is 0 Å². The molecule has 0 unspecified atom stereocenters. The maximum absolute atomic E-state index is 14.1. The third-order valence-corrected chi connectivity index (χ3v) is 6.97. The third-order valence-electron chi connectivity index (χ3n) is 6.31. The zero-order valence-corrected chi connectivity index (χ0v) is 18.6.